The molecule has 3 fully saturated rings. The van der Waals surface area contributed by atoms with Crippen molar-refractivity contribution in [1.29, 1.82) is 5.26 Å². The predicted octanol–water partition coefficient (Wildman–Crippen LogP) is 6.82. The molecule has 2 saturated heterocycles. The van der Waals surface area contributed by atoms with Crippen LogP contribution in [0.2, 0.25) is 5.02 Å². The maximum atomic E-state index is 13.8. The molecule has 2 aromatic carbocycles. The zero-order chi connectivity index (χ0) is 34.6. The van der Waals surface area contributed by atoms with Gasteiger partial charge in [0.05, 0.1) is 10.6 Å². The van der Waals surface area contributed by atoms with Crippen molar-refractivity contribution in [2.75, 3.05) is 50.7 Å². The highest BCUT2D eigenvalue weighted by Crippen LogP contribution is 2.59. The number of rotatable bonds is 6. The number of hydrogen-bond donors (Lipinski definition) is 0. The first-order valence-electron chi connectivity index (χ1n) is 17.3. The van der Waals surface area contributed by atoms with Crippen molar-refractivity contribution in [3.8, 4) is 11.8 Å². The fourth-order valence-electron chi connectivity index (χ4n) is 8.92. The minimum atomic E-state index is -0.463. The molecule has 258 valence electrons. The number of amides is 2. The number of nitriles is 1. The van der Waals surface area contributed by atoms with Crippen molar-refractivity contribution in [2.45, 2.75) is 85.6 Å². The number of piperazine rings is 1. The third-order valence-electron chi connectivity index (χ3n) is 10.8. The van der Waals surface area contributed by atoms with E-state index in [1.165, 1.54) is 5.69 Å². The number of benzene rings is 2. The summed E-state index contributed by atoms with van der Waals surface area (Å²) in [6, 6.07) is 13.6. The van der Waals surface area contributed by atoms with Gasteiger partial charge in [-0.2, -0.15) is 5.26 Å². The molecule has 1 aliphatic carbocycles. The average molecular weight is 676 g/mol. The highest BCUT2D eigenvalue weighted by Gasteiger charge is 2.67. The summed E-state index contributed by atoms with van der Waals surface area (Å²) in [5.74, 6) is 1.32. The summed E-state index contributed by atoms with van der Waals surface area (Å²) >= 11 is 6.29. The molecule has 0 N–H and O–H groups in total. The monoisotopic (exact) mass is 675 g/mol. The van der Waals surface area contributed by atoms with Crippen LogP contribution < -0.4 is 9.64 Å². The molecule has 2 amide bonds. The summed E-state index contributed by atoms with van der Waals surface area (Å²) < 4.78 is 12.0. The number of likely N-dealkylation sites (tertiary alicyclic amines) is 1. The lowest BCUT2D eigenvalue weighted by Crippen LogP contribution is -2.74. The van der Waals surface area contributed by atoms with Crippen LogP contribution in [0.25, 0.3) is 0 Å². The Hall–Kier alpha value is -3.48. The lowest BCUT2D eigenvalue weighted by atomic mass is 9.49. The lowest BCUT2D eigenvalue weighted by Gasteiger charge is -2.65. The number of carbonyl (C=O) groups excluding carboxylic acids is 2. The van der Waals surface area contributed by atoms with Crippen molar-refractivity contribution in [3.63, 3.8) is 0 Å². The van der Waals surface area contributed by atoms with Gasteiger partial charge in [0, 0.05) is 86.5 Å². The molecule has 4 aliphatic rings. The highest BCUT2D eigenvalue weighted by molar-refractivity contribution is 6.31. The Kier molecular flexibility index (Phi) is 9.14. The molecule has 48 heavy (non-hydrogen) atoms. The van der Waals surface area contributed by atoms with E-state index in [0.29, 0.717) is 28.8 Å². The molecule has 0 radical (unpaired) electrons. The Balaban J connectivity index is 1.03. The molecular formula is C38H50ClN5O4. The fourth-order valence-corrected chi connectivity index (χ4v) is 9.14. The van der Waals surface area contributed by atoms with Crippen LogP contribution in [0.15, 0.2) is 36.4 Å². The Bertz CT molecular complexity index is 1580. The largest absolute Gasteiger partial charge is 0.489 e. The van der Waals surface area contributed by atoms with Gasteiger partial charge in [-0.05, 0) is 75.4 Å². The van der Waals surface area contributed by atoms with Crippen molar-refractivity contribution in [3.05, 3.63) is 58.1 Å². The van der Waals surface area contributed by atoms with Crippen molar-refractivity contribution >= 4 is 29.3 Å². The number of fused-ring (bicyclic) bond motifs is 1. The van der Waals surface area contributed by atoms with E-state index in [1.54, 1.807) is 18.2 Å². The van der Waals surface area contributed by atoms with Gasteiger partial charge < -0.3 is 24.2 Å². The summed E-state index contributed by atoms with van der Waals surface area (Å²) in [6.45, 7) is 21.5. The lowest BCUT2D eigenvalue weighted by molar-refractivity contribution is -0.199. The molecule has 0 bridgehead atoms. The molecule has 0 spiro atoms. The number of nitrogens with zero attached hydrogens (tertiary/aromatic N) is 5. The molecule has 1 saturated carbocycles. The van der Waals surface area contributed by atoms with Crippen molar-refractivity contribution in [1.82, 2.24) is 14.7 Å². The second-order valence-electron chi connectivity index (χ2n) is 16.3. The third-order valence-corrected chi connectivity index (χ3v) is 11.1. The number of halogens is 1. The molecular weight excluding hydrogens is 626 g/mol. The van der Waals surface area contributed by atoms with Gasteiger partial charge in [0.2, 0.25) is 0 Å². The van der Waals surface area contributed by atoms with E-state index in [0.717, 1.165) is 69.8 Å². The van der Waals surface area contributed by atoms with Crippen LogP contribution in [0.4, 0.5) is 10.5 Å². The zero-order valence-corrected chi connectivity index (χ0v) is 30.3. The van der Waals surface area contributed by atoms with Gasteiger partial charge in [0.25, 0.3) is 5.91 Å². The highest BCUT2D eigenvalue weighted by atomic mass is 35.5. The zero-order valence-electron chi connectivity index (χ0n) is 29.5. The summed E-state index contributed by atoms with van der Waals surface area (Å²) in [4.78, 5) is 35.2. The van der Waals surface area contributed by atoms with Crippen molar-refractivity contribution in [2.24, 2.45) is 16.7 Å². The van der Waals surface area contributed by atoms with Crippen LogP contribution >= 0.6 is 11.6 Å². The first-order valence-corrected chi connectivity index (χ1v) is 17.7. The number of ether oxygens (including phenoxy) is 2. The van der Waals surface area contributed by atoms with E-state index in [1.807, 2.05) is 36.6 Å². The standard InChI is InChI=1S/C38H50ClN5O4/c1-36(2,3)48-35(46)43-14-12-25(13-15-43)23-41-16-18-42(19-17-41)28-9-11-30-27(20-28)24-44(32(30)45)33-37(4,5)34(38(33,6)7)47-29-10-8-26(22-40)31(39)21-29/h8-11,20-21,25,33-34H,12-19,23-24H2,1-7H3/t33-,34-. The minimum absolute atomic E-state index is 0.00764. The Morgan fingerprint density at radius 2 is 1.65 bits per heavy atom. The van der Waals surface area contributed by atoms with Gasteiger partial charge in [-0.15, -0.1) is 0 Å². The number of hydrogen-bond acceptors (Lipinski definition) is 7. The van der Waals surface area contributed by atoms with E-state index >= 15 is 0 Å². The van der Waals surface area contributed by atoms with Gasteiger partial charge in [0.1, 0.15) is 23.5 Å². The van der Waals surface area contributed by atoms with Crippen LogP contribution in [0.3, 0.4) is 0 Å². The van der Waals surface area contributed by atoms with Crippen molar-refractivity contribution < 1.29 is 19.1 Å². The second-order valence-corrected chi connectivity index (χ2v) is 16.7. The maximum Gasteiger partial charge on any atom is 0.410 e. The van der Waals surface area contributed by atoms with Gasteiger partial charge in [-0.1, -0.05) is 39.3 Å². The molecule has 6 rings (SSSR count). The Morgan fingerprint density at radius 1 is 0.979 bits per heavy atom. The molecule has 0 unspecified atom stereocenters. The van der Waals surface area contributed by atoms with Gasteiger partial charge in [0.15, 0.2) is 0 Å². The Morgan fingerprint density at radius 3 is 2.25 bits per heavy atom. The topological polar surface area (TPSA) is 89.3 Å². The number of anilines is 1. The average Bonchev–Trinajstić information content (AvgIpc) is 3.33. The van der Waals surface area contributed by atoms with Gasteiger partial charge in [-0.3, -0.25) is 9.69 Å². The predicted molar refractivity (Wildman–Crippen MR) is 187 cm³/mol. The Labute approximate surface area is 290 Å². The summed E-state index contributed by atoms with van der Waals surface area (Å²) in [7, 11) is 0. The van der Waals surface area contributed by atoms with Crippen LogP contribution in [0, 0.1) is 28.1 Å². The van der Waals surface area contributed by atoms with Crippen LogP contribution in [0.1, 0.15) is 82.8 Å². The first kappa shape index (κ1) is 34.4. The number of carbonyl (C=O) groups is 2. The van der Waals surface area contributed by atoms with Crippen LogP contribution in [0.5, 0.6) is 5.75 Å². The smallest absolute Gasteiger partial charge is 0.410 e. The van der Waals surface area contributed by atoms with E-state index in [2.05, 4.69) is 55.7 Å². The van der Waals surface area contributed by atoms with E-state index in [4.69, 9.17) is 21.1 Å². The van der Waals surface area contributed by atoms with Crippen LogP contribution in [-0.2, 0) is 11.3 Å². The molecule has 9 nitrogen and oxygen atoms in total. The molecule has 3 heterocycles. The number of piperidine rings is 1. The third kappa shape index (κ3) is 6.58. The maximum absolute atomic E-state index is 13.8. The van der Waals surface area contributed by atoms with E-state index in [-0.39, 0.29) is 35.0 Å². The second kappa shape index (κ2) is 12.8. The SMILES string of the molecule is CC(C)(C)OC(=O)N1CCC(CN2CCN(c3ccc4c(c3)CN([C@H]3C(C)(C)[C@H](Oc5ccc(C#N)c(Cl)c5)C3(C)C)C4=O)CC2)CC1. The summed E-state index contributed by atoms with van der Waals surface area (Å²) in [6.07, 6.45) is 1.69. The summed E-state index contributed by atoms with van der Waals surface area (Å²) in [5, 5.41) is 9.62. The van der Waals surface area contributed by atoms with Gasteiger partial charge >= 0.3 is 6.09 Å². The first-order chi connectivity index (χ1) is 22.6. The van der Waals surface area contributed by atoms with Crippen LogP contribution in [-0.4, -0.2) is 90.3 Å². The molecule has 10 heteroatoms. The molecule has 0 aromatic heterocycles. The molecule has 0 atom stereocenters. The fraction of sp³-hybridized carbons (Fsp3) is 0.605. The summed E-state index contributed by atoms with van der Waals surface area (Å²) in [5.41, 5.74) is 2.43. The van der Waals surface area contributed by atoms with E-state index in [9.17, 15) is 14.9 Å². The quantitative estimate of drug-likeness (QED) is 0.332. The van der Waals surface area contributed by atoms with Gasteiger partial charge in [-0.25, -0.2) is 4.79 Å². The molecule has 2 aromatic rings. The minimum Gasteiger partial charge on any atom is -0.489 e. The normalized spacial score (nSPS) is 24.1. The van der Waals surface area contributed by atoms with E-state index < -0.39 is 5.60 Å². The molecule has 3 aliphatic heterocycles.